The Hall–Kier alpha value is -2.13. The zero-order valence-corrected chi connectivity index (χ0v) is 18.2. The number of benzene rings is 1. The molecule has 1 saturated heterocycles. The lowest BCUT2D eigenvalue weighted by molar-refractivity contribution is -0.120. The summed E-state index contributed by atoms with van der Waals surface area (Å²) in [4.78, 5) is 11.7. The first-order chi connectivity index (χ1) is 15.3. The van der Waals surface area contributed by atoms with Gasteiger partial charge >= 0.3 is 0 Å². The largest absolute Gasteiger partial charge is 0.390 e. The maximum absolute atomic E-state index is 13.6. The number of hydrogen-bond acceptors (Lipinski definition) is 5. The number of amides is 1. The number of aliphatic hydroxyl groups is 1. The maximum atomic E-state index is 13.6. The van der Waals surface area contributed by atoms with Gasteiger partial charge in [-0.15, -0.1) is 0 Å². The number of β-amino-alcohol motifs (C(OH)–C–C–N with tert-alkyl or cyclic N) is 1. The van der Waals surface area contributed by atoms with Crippen molar-refractivity contribution in [1.82, 2.24) is 10.6 Å². The summed E-state index contributed by atoms with van der Waals surface area (Å²) in [6.45, 7) is 2.54. The molecule has 8 heteroatoms. The van der Waals surface area contributed by atoms with Crippen LogP contribution in [0.2, 0.25) is 0 Å². The summed E-state index contributed by atoms with van der Waals surface area (Å²) in [5, 5.41) is 17.0. The van der Waals surface area contributed by atoms with Gasteiger partial charge in [0.25, 0.3) is 0 Å². The van der Waals surface area contributed by atoms with E-state index in [0.717, 1.165) is 25.3 Å². The Morgan fingerprint density at radius 2 is 2.03 bits per heavy atom. The Bertz CT molecular complexity index is 874. The fraction of sp³-hybridized carbons (Fsp3) is 0.542. The molecule has 32 heavy (non-hydrogen) atoms. The molecule has 4 unspecified atom stereocenters. The number of aliphatic hydroxyl groups excluding tert-OH is 1. The second-order valence-corrected chi connectivity index (χ2v) is 8.96. The molecule has 3 aliphatic rings. The van der Waals surface area contributed by atoms with Crippen molar-refractivity contribution in [2.24, 2.45) is 5.92 Å². The molecule has 174 valence electrons. The van der Waals surface area contributed by atoms with E-state index in [0.29, 0.717) is 19.0 Å². The van der Waals surface area contributed by atoms with Gasteiger partial charge in [0.15, 0.2) is 0 Å². The van der Waals surface area contributed by atoms with Crippen LogP contribution in [0.3, 0.4) is 0 Å². The Labute approximate surface area is 186 Å². The van der Waals surface area contributed by atoms with Gasteiger partial charge in [0.05, 0.1) is 24.9 Å². The molecule has 1 amide bonds. The van der Waals surface area contributed by atoms with Crippen LogP contribution in [0.1, 0.15) is 31.7 Å². The van der Waals surface area contributed by atoms with Gasteiger partial charge in [0.2, 0.25) is 5.91 Å². The fourth-order valence-electron chi connectivity index (χ4n) is 4.62. The van der Waals surface area contributed by atoms with Crippen LogP contribution in [0.5, 0.6) is 0 Å². The molecule has 3 N–H and O–H groups in total. The quantitative estimate of drug-likeness (QED) is 0.541. The summed E-state index contributed by atoms with van der Waals surface area (Å²) >= 11 is 0. The highest BCUT2D eigenvalue weighted by Crippen LogP contribution is 2.46. The van der Waals surface area contributed by atoms with Crippen LogP contribution < -0.4 is 10.6 Å². The number of carbonyl (C=O) groups excluding carboxylic acids is 1. The lowest BCUT2D eigenvalue weighted by Gasteiger charge is -2.30. The Kier molecular flexibility index (Phi) is 7.05. The van der Waals surface area contributed by atoms with Gasteiger partial charge in [-0.1, -0.05) is 18.2 Å². The van der Waals surface area contributed by atoms with Crippen LogP contribution in [0.25, 0.3) is 0 Å². The van der Waals surface area contributed by atoms with Crippen LogP contribution in [0.15, 0.2) is 42.0 Å². The van der Waals surface area contributed by atoms with Crippen LogP contribution in [0.4, 0.5) is 8.78 Å². The molecule has 1 aromatic rings. The highest BCUT2D eigenvalue weighted by Gasteiger charge is 2.47. The smallest absolute Gasteiger partial charge is 0.217 e. The molecule has 6 nitrogen and oxygen atoms in total. The molecule has 0 radical (unpaired) electrons. The van der Waals surface area contributed by atoms with Gasteiger partial charge in [0.1, 0.15) is 18.4 Å². The first kappa shape index (κ1) is 23.0. The first-order valence-corrected chi connectivity index (χ1v) is 11.1. The van der Waals surface area contributed by atoms with Gasteiger partial charge < -0.3 is 25.2 Å². The summed E-state index contributed by atoms with van der Waals surface area (Å²) < 4.78 is 38.1. The van der Waals surface area contributed by atoms with Crippen molar-refractivity contribution in [3.63, 3.8) is 0 Å². The Balaban J connectivity index is 1.37. The molecule has 1 aromatic carbocycles. The highest BCUT2D eigenvalue weighted by molar-refractivity contribution is 5.73. The summed E-state index contributed by atoms with van der Waals surface area (Å²) in [7, 11) is 0. The van der Waals surface area contributed by atoms with Crippen molar-refractivity contribution in [3.05, 3.63) is 59.2 Å². The van der Waals surface area contributed by atoms with E-state index in [2.05, 4.69) is 28.9 Å². The Morgan fingerprint density at radius 1 is 1.28 bits per heavy atom. The minimum Gasteiger partial charge on any atom is -0.390 e. The average molecular weight is 449 g/mol. The zero-order chi connectivity index (χ0) is 22.7. The molecule has 2 aliphatic carbocycles. The van der Waals surface area contributed by atoms with Gasteiger partial charge in [0, 0.05) is 31.0 Å². The first-order valence-electron chi connectivity index (χ1n) is 11.1. The molecule has 4 rings (SSSR count). The van der Waals surface area contributed by atoms with Gasteiger partial charge in [-0.2, -0.15) is 0 Å². The van der Waals surface area contributed by atoms with Gasteiger partial charge in [-0.25, -0.2) is 8.78 Å². The third-order valence-electron chi connectivity index (χ3n) is 6.48. The molecule has 4 atom stereocenters. The normalized spacial score (nSPS) is 25.8. The fourth-order valence-corrected chi connectivity index (χ4v) is 4.62. The molecule has 1 saturated carbocycles. The van der Waals surface area contributed by atoms with E-state index in [1.807, 2.05) is 0 Å². The lowest BCUT2D eigenvalue weighted by atomic mass is 9.85. The van der Waals surface area contributed by atoms with E-state index in [1.165, 1.54) is 24.6 Å². The number of carbonyl (C=O) groups is 1. The molecular formula is C24H30F2N2O4. The number of allylic oxidation sites excluding steroid dienone is 2. The predicted molar refractivity (Wildman–Crippen MR) is 115 cm³/mol. The minimum atomic E-state index is -0.926. The van der Waals surface area contributed by atoms with Crippen LogP contribution in [-0.2, 0) is 20.7 Å². The summed E-state index contributed by atoms with van der Waals surface area (Å²) in [6.07, 6.45) is 8.39. The Morgan fingerprint density at radius 3 is 2.66 bits per heavy atom. The van der Waals surface area contributed by atoms with Crippen molar-refractivity contribution in [2.45, 2.75) is 56.4 Å². The van der Waals surface area contributed by atoms with E-state index >= 15 is 0 Å². The van der Waals surface area contributed by atoms with Crippen LogP contribution in [0, 0.1) is 17.6 Å². The van der Waals surface area contributed by atoms with Crippen molar-refractivity contribution >= 4 is 5.91 Å². The number of ether oxygens (including phenoxy) is 2. The minimum absolute atomic E-state index is 0.0622. The molecular weight excluding hydrogens is 418 g/mol. The second-order valence-electron chi connectivity index (χ2n) is 8.96. The maximum Gasteiger partial charge on any atom is 0.217 e. The van der Waals surface area contributed by atoms with Gasteiger partial charge in [-0.05, 0) is 49.0 Å². The molecule has 0 spiro atoms. The summed E-state index contributed by atoms with van der Waals surface area (Å²) in [5.74, 6) is -1.42. The topological polar surface area (TPSA) is 79.8 Å². The van der Waals surface area contributed by atoms with E-state index in [1.54, 1.807) is 0 Å². The predicted octanol–water partition coefficient (Wildman–Crippen LogP) is 2.37. The molecule has 0 bridgehead atoms. The van der Waals surface area contributed by atoms with E-state index in [9.17, 15) is 18.7 Å². The molecule has 2 fully saturated rings. The SMILES string of the molecule is CC(=O)NC(Cc1cc(F)cc(F)c1)C(O)CNC1(C2=CC=CC(C3COCO3)C2)CC1. The third-order valence-corrected chi connectivity index (χ3v) is 6.48. The van der Waals surface area contributed by atoms with Crippen molar-refractivity contribution in [1.29, 1.82) is 0 Å². The summed E-state index contributed by atoms with van der Waals surface area (Å²) in [5.41, 5.74) is 1.48. The lowest BCUT2D eigenvalue weighted by Crippen LogP contribution is -2.50. The zero-order valence-electron chi connectivity index (χ0n) is 18.2. The monoisotopic (exact) mass is 448 g/mol. The van der Waals surface area contributed by atoms with E-state index in [4.69, 9.17) is 9.47 Å². The highest BCUT2D eigenvalue weighted by atomic mass is 19.1. The van der Waals surface area contributed by atoms with Crippen molar-refractivity contribution in [3.8, 4) is 0 Å². The molecule has 0 aromatic heterocycles. The van der Waals surface area contributed by atoms with Crippen LogP contribution in [-0.4, -0.2) is 54.7 Å². The van der Waals surface area contributed by atoms with E-state index < -0.39 is 23.8 Å². The summed E-state index contributed by atoms with van der Waals surface area (Å²) in [6, 6.07) is 2.56. The van der Waals surface area contributed by atoms with Crippen LogP contribution >= 0.6 is 0 Å². The average Bonchev–Trinajstić information content (AvgIpc) is 3.33. The number of hydrogen-bond donors (Lipinski definition) is 3. The van der Waals surface area contributed by atoms with Crippen molar-refractivity contribution in [2.75, 3.05) is 19.9 Å². The second kappa shape index (κ2) is 9.79. The van der Waals surface area contributed by atoms with Gasteiger partial charge in [-0.3, -0.25) is 4.79 Å². The number of nitrogens with one attached hydrogen (secondary N) is 2. The van der Waals surface area contributed by atoms with Crippen molar-refractivity contribution < 1.29 is 28.2 Å². The molecule has 1 heterocycles. The molecule has 1 aliphatic heterocycles. The standard InChI is InChI=1S/C24H30F2N2O4/c1-15(29)28-21(9-16-7-19(25)11-20(26)8-16)22(30)12-27-24(5-6-24)18-4-2-3-17(10-18)23-13-31-14-32-23/h2-4,7-8,11,17,21-23,27,30H,5-6,9-10,12-14H2,1H3,(H,28,29). The van der Waals surface area contributed by atoms with E-state index in [-0.39, 0.29) is 36.4 Å². The number of rotatable bonds is 9. The number of halogens is 2. The third kappa shape index (κ3) is 5.61.